The van der Waals surface area contributed by atoms with Gasteiger partial charge < -0.3 is 10.6 Å². The fraction of sp³-hybridized carbons (Fsp3) is 0.263. The van der Waals surface area contributed by atoms with Crippen LogP contribution in [0, 0.1) is 17.0 Å². The molecule has 0 atom stereocenters. The second kappa shape index (κ2) is 7.01. The summed E-state index contributed by atoms with van der Waals surface area (Å²) in [5.41, 5.74) is 0.0429. The van der Waals surface area contributed by atoms with E-state index in [4.69, 9.17) is 0 Å². The number of rotatable bonds is 6. The zero-order chi connectivity index (χ0) is 17.9. The first-order valence-corrected chi connectivity index (χ1v) is 8.06. The Labute approximate surface area is 144 Å². The Balaban J connectivity index is 1.55. The van der Waals surface area contributed by atoms with E-state index in [2.05, 4.69) is 10.6 Å². The minimum atomic E-state index is -1.08. The van der Waals surface area contributed by atoms with Crippen molar-refractivity contribution in [3.63, 3.8) is 0 Å². The van der Waals surface area contributed by atoms with Crippen molar-refractivity contribution in [1.82, 2.24) is 10.6 Å². The van der Waals surface area contributed by atoms with Crippen LogP contribution in [0.4, 0.5) is 8.78 Å². The topological polar surface area (TPSA) is 58.2 Å². The van der Waals surface area contributed by atoms with E-state index < -0.39 is 17.1 Å². The summed E-state index contributed by atoms with van der Waals surface area (Å²) in [6, 6.07) is 12.0. The van der Waals surface area contributed by atoms with Crippen molar-refractivity contribution in [1.29, 1.82) is 0 Å². The van der Waals surface area contributed by atoms with Crippen LogP contribution >= 0.6 is 0 Å². The van der Waals surface area contributed by atoms with E-state index >= 15 is 0 Å². The van der Waals surface area contributed by atoms with Gasteiger partial charge in [0.25, 0.3) is 0 Å². The van der Waals surface area contributed by atoms with Crippen LogP contribution in [0.2, 0.25) is 0 Å². The first-order valence-electron chi connectivity index (χ1n) is 8.06. The second-order valence-electron chi connectivity index (χ2n) is 6.17. The molecule has 1 aliphatic rings. The highest BCUT2D eigenvalue weighted by atomic mass is 19.1. The van der Waals surface area contributed by atoms with Gasteiger partial charge in [-0.25, -0.2) is 8.78 Å². The third-order valence-corrected chi connectivity index (χ3v) is 4.38. The van der Waals surface area contributed by atoms with Gasteiger partial charge in [0, 0.05) is 18.7 Å². The molecule has 2 amide bonds. The predicted molar refractivity (Wildman–Crippen MR) is 88.2 cm³/mol. The molecular weight excluding hydrogens is 326 g/mol. The SMILES string of the molecule is O=C(NCc1ccc(F)cc1)C1(C(=O)NCc2ccccc2F)CC1. The molecule has 25 heavy (non-hydrogen) atoms. The quantitative estimate of drug-likeness (QED) is 0.792. The minimum absolute atomic E-state index is 0.0402. The van der Waals surface area contributed by atoms with Gasteiger partial charge in [0.2, 0.25) is 11.8 Å². The lowest BCUT2D eigenvalue weighted by Crippen LogP contribution is -2.42. The van der Waals surface area contributed by atoms with Gasteiger partial charge in [0.05, 0.1) is 0 Å². The highest BCUT2D eigenvalue weighted by Crippen LogP contribution is 2.46. The van der Waals surface area contributed by atoms with Crippen LogP contribution < -0.4 is 10.6 Å². The Bertz CT molecular complexity index is 786. The van der Waals surface area contributed by atoms with Crippen molar-refractivity contribution in [3.8, 4) is 0 Å². The smallest absolute Gasteiger partial charge is 0.235 e. The third kappa shape index (κ3) is 3.84. The molecule has 0 heterocycles. The molecule has 6 heteroatoms. The molecule has 1 saturated carbocycles. The maximum absolute atomic E-state index is 13.6. The number of amides is 2. The molecule has 2 aromatic rings. The Hall–Kier alpha value is -2.76. The lowest BCUT2D eigenvalue weighted by Gasteiger charge is -2.15. The molecular formula is C19H18F2N2O2. The van der Waals surface area contributed by atoms with Gasteiger partial charge in [-0.15, -0.1) is 0 Å². The van der Waals surface area contributed by atoms with Gasteiger partial charge >= 0.3 is 0 Å². The van der Waals surface area contributed by atoms with Crippen molar-refractivity contribution in [2.45, 2.75) is 25.9 Å². The van der Waals surface area contributed by atoms with Crippen molar-refractivity contribution in [2.24, 2.45) is 5.41 Å². The van der Waals surface area contributed by atoms with E-state index in [1.165, 1.54) is 18.2 Å². The van der Waals surface area contributed by atoms with Gasteiger partial charge in [-0.05, 0) is 36.6 Å². The molecule has 0 radical (unpaired) electrons. The van der Waals surface area contributed by atoms with Gasteiger partial charge in [-0.2, -0.15) is 0 Å². The lowest BCUT2D eigenvalue weighted by molar-refractivity contribution is -0.137. The van der Waals surface area contributed by atoms with E-state index in [-0.39, 0.29) is 24.8 Å². The van der Waals surface area contributed by atoms with Gasteiger partial charge in [0.15, 0.2) is 0 Å². The maximum Gasteiger partial charge on any atom is 0.235 e. The molecule has 1 aliphatic carbocycles. The third-order valence-electron chi connectivity index (χ3n) is 4.38. The monoisotopic (exact) mass is 344 g/mol. The Morgan fingerprint density at radius 2 is 1.48 bits per heavy atom. The zero-order valence-electron chi connectivity index (χ0n) is 13.5. The normalized spacial score (nSPS) is 14.6. The van der Waals surface area contributed by atoms with Gasteiger partial charge in [0.1, 0.15) is 17.0 Å². The van der Waals surface area contributed by atoms with Crippen LogP contribution in [0.5, 0.6) is 0 Å². The average molecular weight is 344 g/mol. The standard InChI is InChI=1S/C19H18F2N2O2/c20-15-7-5-13(6-8-15)11-22-17(24)19(9-10-19)18(25)23-12-14-3-1-2-4-16(14)21/h1-8H,9-12H2,(H,22,24)(H,23,25). The maximum atomic E-state index is 13.6. The summed E-state index contributed by atoms with van der Waals surface area (Å²) in [5.74, 6) is -1.50. The fourth-order valence-corrected chi connectivity index (χ4v) is 2.62. The van der Waals surface area contributed by atoms with Crippen molar-refractivity contribution >= 4 is 11.8 Å². The van der Waals surface area contributed by atoms with Crippen LogP contribution in [-0.4, -0.2) is 11.8 Å². The molecule has 0 unspecified atom stereocenters. The summed E-state index contributed by atoms with van der Waals surface area (Å²) < 4.78 is 26.5. The first-order chi connectivity index (χ1) is 12.0. The molecule has 0 aliphatic heterocycles. The van der Waals surface area contributed by atoms with Crippen LogP contribution in [0.1, 0.15) is 24.0 Å². The fourth-order valence-electron chi connectivity index (χ4n) is 2.62. The molecule has 1 fully saturated rings. The molecule has 0 aromatic heterocycles. The van der Waals surface area contributed by atoms with E-state index in [0.717, 1.165) is 5.56 Å². The van der Waals surface area contributed by atoms with Crippen LogP contribution in [-0.2, 0) is 22.7 Å². The largest absolute Gasteiger partial charge is 0.351 e. The molecule has 0 spiro atoms. The van der Waals surface area contributed by atoms with E-state index in [9.17, 15) is 18.4 Å². The molecule has 130 valence electrons. The highest BCUT2D eigenvalue weighted by Gasteiger charge is 2.56. The van der Waals surface area contributed by atoms with Gasteiger partial charge in [-0.1, -0.05) is 30.3 Å². The molecule has 0 bridgehead atoms. The number of nitrogens with one attached hydrogen (secondary N) is 2. The summed E-state index contributed by atoms with van der Waals surface area (Å²) >= 11 is 0. The van der Waals surface area contributed by atoms with Crippen LogP contribution in [0.15, 0.2) is 48.5 Å². The van der Waals surface area contributed by atoms with Crippen molar-refractivity contribution < 1.29 is 18.4 Å². The number of hydrogen-bond acceptors (Lipinski definition) is 2. The summed E-state index contributed by atoms with van der Waals surface area (Å²) in [7, 11) is 0. The van der Waals surface area contributed by atoms with E-state index in [1.807, 2.05) is 0 Å². The Kier molecular flexibility index (Phi) is 4.79. The van der Waals surface area contributed by atoms with Crippen LogP contribution in [0.3, 0.4) is 0 Å². The van der Waals surface area contributed by atoms with Crippen molar-refractivity contribution in [3.05, 3.63) is 71.3 Å². The number of carbonyl (C=O) groups is 2. The van der Waals surface area contributed by atoms with E-state index in [1.54, 1.807) is 30.3 Å². The molecule has 2 N–H and O–H groups in total. The average Bonchev–Trinajstić information content (AvgIpc) is 3.42. The number of carbonyl (C=O) groups excluding carboxylic acids is 2. The molecule has 3 rings (SSSR count). The summed E-state index contributed by atoms with van der Waals surface area (Å²) in [5, 5.41) is 5.36. The van der Waals surface area contributed by atoms with Crippen molar-refractivity contribution in [2.75, 3.05) is 0 Å². The molecule has 4 nitrogen and oxygen atoms in total. The van der Waals surface area contributed by atoms with Gasteiger partial charge in [-0.3, -0.25) is 9.59 Å². The summed E-state index contributed by atoms with van der Waals surface area (Å²) in [6.07, 6.45) is 0.927. The summed E-state index contributed by atoms with van der Waals surface area (Å²) in [4.78, 5) is 24.7. The summed E-state index contributed by atoms with van der Waals surface area (Å²) in [6.45, 7) is 0.264. The highest BCUT2D eigenvalue weighted by molar-refractivity contribution is 6.07. The number of benzene rings is 2. The predicted octanol–water partition coefficient (Wildman–Crippen LogP) is 2.68. The first kappa shape index (κ1) is 17.1. The molecule has 0 saturated heterocycles. The second-order valence-corrected chi connectivity index (χ2v) is 6.17. The lowest BCUT2D eigenvalue weighted by atomic mass is 10.0. The molecule has 2 aromatic carbocycles. The number of halogens is 2. The Morgan fingerprint density at radius 1 is 0.880 bits per heavy atom. The van der Waals surface area contributed by atoms with Crippen LogP contribution in [0.25, 0.3) is 0 Å². The zero-order valence-corrected chi connectivity index (χ0v) is 13.5. The van der Waals surface area contributed by atoms with E-state index in [0.29, 0.717) is 18.4 Å². The number of hydrogen-bond donors (Lipinski definition) is 2. The minimum Gasteiger partial charge on any atom is -0.351 e. The Morgan fingerprint density at radius 3 is 2.08 bits per heavy atom.